The van der Waals surface area contributed by atoms with Gasteiger partial charge in [-0.3, -0.25) is 0 Å². The molecule has 1 aromatic carbocycles. The first-order valence-electron chi connectivity index (χ1n) is 6.67. The number of allylic oxidation sites excluding steroid dienone is 2. The van der Waals surface area contributed by atoms with E-state index in [-0.39, 0.29) is 0 Å². The van der Waals surface area contributed by atoms with Crippen LogP contribution in [0.3, 0.4) is 0 Å². The summed E-state index contributed by atoms with van der Waals surface area (Å²) in [5.41, 5.74) is 4.09. The van der Waals surface area contributed by atoms with Gasteiger partial charge in [0.15, 0.2) is 0 Å². The van der Waals surface area contributed by atoms with Crippen molar-refractivity contribution in [3.63, 3.8) is 0 Å². The minimum absolute atomic E-state index is 0.358. The average molecular weight is 239 g/mol. The van der Waals surface area contributed by atoms with E-state index in [4.69, 9.17) is 0 Å². The van der Waals surface area contributed by atoms with Crippen molar-refractivity contribution in [1.29, 1.82) is 0 Å². The summed E-state index contributed by atoms with van der Waals surface area (Å²) in [6.07, 6.45) is 10.0. The smallest absolute Gasteiger partial charge is 0.0512 e. The Balaban J connectivity index is 2.19. The zero-order valence-corrected chi connectivity index (χ0v) is 11.2. The van der Waals surface area contributed by atoms with E-state index in [1.807, 2.05) is 0 Å². The first kappa shape index (κ1) is 12.8. The van der Waals surface area contributed by atoms with Gasteiger partial charge in [0.2, 0.25) is 0 Å². The van der Waals surface area contributed by atoms with E-state index in [9.17, 15) is 0 Å². The highest BCUT2D eigenvalue weighted by Crippen LogP contribution is 2.22. The standard InChI is InChI=1S/C17H21N/c1-3-8-15(9-4-2)17-12-16(13-18-17)14-10-6-5-7-11-14/h3,5-12,17-18H,4,13H2,1-2H3/b8-3-,15-9+/t17-/m0/s1. The highest BCUT2D eigenvalue weighted by Gasteiger charge is 2.17. The monoisotopic (exact) mass is 239 g/mol. The molecule has 1 aliphatic heterocycles. The number of nitrogens with one attached hydrogen (secondary N) is 1. The van der Waals surface area contributed by atoms with E-state index in [1.165, 1.54) is 16.7 Å². The molecule has 0 radical (unpaired) electrons. The minimum Gasteiger partial charge on any atom is -0.303 e. The highest BCUT2D eigenvalue weighted by molar-refractivity contribution is 5.70. The van der Waals surface area contributed by atoms with Gasteiger partial charge in [-0.2, -0.15) is 0 Å². The van der Waals surface area contributed by atoms with Crippen LogP contribution in [-0.4, -0.2) is 12.6 Å². The summed E-state index contributed by atoms with van der Waals surface area (Å²) in [6.45, 7) is 5.20. The maximum atomic E-state index is 3.56. The Hall–Kier alpha value is -1.60. The van der Waals surface area contributed by atoms with E-state index >= 15 is 0 Å². The maximum absolute atomic E-state index is 3.56. The quantitative estimate of drug-likeness (QED) is 0.784. The molecule has 94 valence electrons. The number of hydrogen-bond acceptors (Lipinski definition) is 1. The fraction of sp³-hybridized carbons (Fsp3) is 0.294. The summed E-state index contributed by atoms with van der Waals surface area (Å²) in [5.74, 6) is 0. The van der Waals surface area contributed by atoms with Crippen LogP contribution in [0.15, 0.2) is 60.2 Å². The summed E-state index contributed by atoms with van der Waals surface area (Å²) in [4.78, 5) is 0. The lowest BCUT2D eigenvalue weighted by Crippen LogP contribution is -2.23. The average Bonchev–Trinajstić information content (AvgIpc) is 2.89. The van der Waals surface area contributed by atoms with Gasteiger partial charge in [-0.1, -0.05) is 61.6 Å². The van der Waals surface area contributed by atoms with Gasteiger partial charge in [0.1, 0.15) is 0 Å². The molecule has 0 bridgehead atoms. The molecule has 1 atom stereocenters. The zero-order chi connectivity index (χ0) is 12.8. The molecule has 0 saturated heterocycles. The molecule has 1 heteroatoms. The Labute approximate surface area is 110 Å². The third-order valence-electron chi connectivity index (χ3n) is 3.18. The Morgan fingerprint density at radius 1 is 1.33 bits per heavy atom. The van der Waals surface area contributed by atoms with Gasteiger partial charge in [-0.25, -0.2) is 0 Å². The Kier molecular flexibility index (Phi) is 4.54. The third-order valence-corrected chi connectivity index (χ3v) is 3.18. The summed E-state index contributed by atoms with van der Waals surface area (Å²) in [7, 11) is 0. The van der Waals surface area contributed by atoms with Crippen LogP contribution < -0.4 is 5.32 Å². The Morgan fingerprint density at radius 2 is 2.11 bits per heavy atom. The van der Waals surface area contributed by atoms with Crippen molar-refractivity contribution in [1.82, 2.24) is 5.32 Å². The second-order valence-corrected chi connectivity index (χ2v) is 4.53. The van der Waals surface area contributed by atoms with Crippen LogP contribution in [0.25, 0.3) is 5.57 Å². The molecule has 0 unspecified atom stereocenters. The van der Waals surface area contributed by atoms with E-state index in [0.717, 1.165) is 13.0 Å². The first-order valence-corrected chi connectivity index (χ1v) is 6.67. The van der Waals surface area contributed by atoms with Crippen molar-refractivity contribution in [2.24, 2.45) is 0 Å². The fourth-order valence-electron chi connectivity index (χ4n) is 2.33. The van der Waals surface area contributed by atoms with Crippen LogP contribution in [0.1, 0.15) is 25.8 Å². The molecule has 0 saturated carbocycles. The molecule has 0 aromatic heterocycles. The number of hydrogen-bond donors (Lipinski definition) is 1. The molecule has 0 amide bonds. The van der Waals surface area contributed by atoms with E-state index in [2.05, 4.69) is 73.8 Å². The summed E-state index contributed by atoms with van der Waals surface area (Å²) < 4.78 is 0. The van der Waals surface area contributed by atoms with Gasteiger partial charge in [0.05, 0.1) is 6.04 Å². The molecular weight excluding hydrogens is 218 g/mol. The molecule has 1 aromatic rings. The van der Waals surface area contributed by atoms with Gasteiger partial charge in [0, 0.05) is 6.54 Å². The molecule has 0 spiro atoms. The molecule has 2 rings (SSSR count). The number of rotatable bonds is 4. The van der Waals surface area contributed by atoms with Crippen molar-refractivity contribution in [2.45, 2.75) is 26.3 Å². The van der Waals surface area contributed by atoms with Gasteiger partial charge >= 0.3 is 0 Å². The Morgan fingerprint density at radius 3 is 2.78 bits per heavy atom. The van der Waals surface area contributed by atoms with E-state index in [0.29, 0.717) is 6.04 Å². The largest absolute Gasteiger partial charge is 0.303 e. The lowest BCUT2D eigenvalue weighted by atomic mass is 10.0. The summed E-state index contributed by atoms with van der Waals surface area (Å²) in [6, 6.07) is 11.0. The van der Waals surface area contributed by atoms with Crippen LogP contribution in [-0.2, 0) is 0 Å². The molecule has 1 N–H and O–H groups in total. The van der Waals surface area contributed by atoms with E-state index < -0.39 is 0 Å². The van der Waals surface area contributed by atoms with Crippen molar-refractivity contribution in [3.8, 4) is 0 Å². The fourth-order valence-corrected chi connectivity index (χ4v) is 2.33. The highest BCUT2D eigenvalue weighted by atomic mass is 14.9. The predicted molar refractivity (Wildman–Crippen MR) is 79.4 cm³/mol. The molecule has 1 aliphatic rings. The van der Waals surface area contributed by atoms with Gasteiger partial charge in [0.25, 0.3) is 0 Å². The normalized spacial score (nSPS) is 20.4. The van der Waals surface area contributed by atoms with Crippen LogP contribution in [0.4, 0.5) is 0 Å². The maximum Gasteiger partial charge on any atom is 0.0512 e. The van der Waals surface area contributed by atoms with Gasteiger partial charge < -0.3 is 5.32 Å². The summed E-state index contributed by atoms with van der Waals surface area (Å²) >= 11 is 0. The van der Waals surface area contributed by atoms with Crippen LogP contribution >= 0.6 is 0 Å². The molecule has 1 nitrogen and oxygen atoms in total. The third kappa shape index (κ3) is 2.99. The SMILES string of the molecule is C/C=C\C(=C/CC)[C@@H]1C=C(c2ccccc2)CN1. The molecule has 0 fully saturated rings. The van der Waals surface area contributed by atoms with Gasteiger partial charge in [-0.05, 0) is 30.1 Å². The van der Waals surface area contributed by atoms with Crippen LogP contribution in [0, 0.1) is 0 Å². The predicted octanol–water partition coefficient (Wildman–Crippen LogP) is 3.95. The lowest BCUT2D eigenvalue weighted by molar-refractivity contribution is 0.758. The zero-order valence-electron chi connectivity index (χ0n) is 11.2. The molecule has 18 heavy (non-hydrogen) atoms. The molecular formula is C17H21N. The minimum atomic E-state index is 0.358. The summed E-state index contributed by atoms with van der Waals surface area (Å²) in [5, 5.41) is 3.56. The second-order valence-electron chi connectivity index (χ2n) is 4.53. The molecule has 0 aliphatic carbocycles. The molecule has 1 heterocycles. The first-order chi connectivity index (χ1) is 8.85. The van der Waals surface area contributed by atoms with Gasteiger partial charge in [-0.15, -0.1) is 0 Å². The van der Waals surface area contributed by atoms with Crippen molar-refractivity contribution >= 4 is 5.57 Å². The van der Waals surface area contributed by atoms with Crippen LogP contribution in [0.2, 0.25) is 0 Å². The van der Waals surface area contributed by atoms with Crippen molar-refractivity contribution < 1.29 is 0 Å². The number of benzene rings is 1. The van der Waals surface area contributed by atoms with Crippen molar-refractivity contribution in [2.75, 3.05) is 6.54 Å². The topological polar surface area (TPSA) is 12.0 Å². The van der Waals surface area contributed by atoms with E-state index in [1.54, 1.807) is 0 Å². The van der Waals surface area contributed by atoms with Crippen LogP contribution in [0.5, 0.6) is 0 Å². The Bertz CT molecular complexity index is 466. The lowest BCUT2D eigenvalue weighted by Gasteiger charge is -2.09. The van der Waals surface area contributed by atoms with Crippen molar-refractivity contribution in [3.05, 3.63) is 65.8 Å². The second kappa shape index (κ2) is 6.36.